The molecule has 1 aliphatic rings. The lowest BCUT2D eigenvalue weighted by Gasteiger charge is -2.17. The molecule has 1 unspecified atom stereocenters. The number of thiophene rings is 1. The van der Waals surface area contributed by atoms with E-state index in [1.807, 2.05) is 34.1 Å². The molecule has 1 aromatic carbocycles. The van der Waals surface area contributed by atoms with Gasteiger partial charge in [0.15, 0.2) is 23.0 Å². The van der Waals surface area contributed by atoms with Crippen LogP contribution in [0.5, 0.6) is 11.5 Å². The highest BCUT2D eigenvalue weighted by molar-refractivity contribution is 7.19. The second kappa shape index (κ2) is 6.74. The van der Waals surface area contributed by atoms with Crippen molar-refractivity contribution >= 4 is 27.2 Å². The van der Waals surface area contributed by atoms with Crippen molar-refractivity contribution in [2.45, 2.75) is 32.6 Å². The van der Waals surface area contributed by atoms with Crippen molar-refractivity contribution in [2.24, 2.45) is 5.92 Å². The van der Waals surface area contributed by atoms with Gasteiger partial charge in [0.1, 0.15) is 11.2 Å². The Morgan fingerprint density at radius 1 is 1.21 bits per heavy atom. The van der Waals surface area contributed by atoms with Crippen LogP contribution >= 0.6 is 11.3 Å². The SMILES string of the molecule is COc1ccc(Cc2nc3c4c5c(sc4ncn3n2)CC(C)CC5)cc1OC. The first kappa shape index (κ1) is 17.4. The molecular formula is C21H22N4O2S. The lowest BCUT2D eigenvalue weighted by Crippen LogP contribution is -2.08. The maximum absolute atomic E-state index is 5.41. The monoisotopic (exact) mass is 394 g/mol. The fourth-order valence-electron chi connectivity index (χ4n) is 4.03. The predicted octanol–water partition coefficient (Wildman–Crippen LogP) is 4.07. The molecule has 0 radical (unpaired) electrons. The maximum atomic E-state index is 5.41. The fraction of sp³-hybridized carbons (Fsp3) is 0.381. The average molecular weight is 395 g/mol. The average Bonchev–Trinajstić information content (AvgIpc) is 3.27. The Bertz CT molecular complexity index is 1180. The number of ether oxygens (including phenoxy) is 2. The number of rotatable bonds is 4. The van der Waals surface area contributed by atoms with Gasteiger partial charge in [0.2, 0.25) is 0 Å². The summed E-state index contributed by atoms with van der Waals surface area (Å²) in [6.45, 7) is 2.33. The van der Waals surface area contributed by atoms with E-state index in [2.05, 4.69) is 17.0 Å². The van der Waals surface area contributed by atoms with E-state index in [1.54, 1.807) is 20.5 Å². The summed E-state index contributed by atoms with van der Waals surface area (Å²) >= 11 is 1.82. The zero-order chi connectivity index (χ0) is 19.3. The number of nitrogens with zero attached hydrogens (tertiary/aromatic N) is 4. The molecule has 0 saturated heterocycles. The summed E-state index contributed by atoms with van der Waals surface area (Å²) in [4.78, 5) is 12.1. The summed E-state index contributed by atoms with van der Waals surface area (Å²) in [6.07, 6.45) is 5.90. The third-order valence-corrected chi connectivity index (χ3v) is 6.65. The first-order chi connectivity index (χ1) is 13.7. The molecule has 7 heteroatoms. The van der Waals surface area contributed by atoms with E-state index < -0.39 is 0 Å². The molecule has 4 aromatic rings. The molecule has 28 heavy (non-hydrogen) atoms. The van der Waals surface area contributed by atoms with Crippen LogP contribution in [0.4, 0.5) is 0 Å². The second-order valence-electron chi connectivity index (χ2n) is 7.44. The predicted molar refractivity (Wildman–Crippen MR) is 110 cm³/mol. The molecule has 0 bridgehead atoms. The summed E-state index contributed by atoms with van der Waals surface area (Å²) in [7, 11) is 3.29. The summed E-state index contributed by atoms with van der Waals surface area (Å²) in [6, 6.07) is 5.92. The Kier molecular flexibility index (Phi) is 4.19. The zero-order valence-corrected chi connectivity index (χ0v) is 17.0. The number of hydrogen-bond acceptors (Lipinski definition) is 6. The first-order valence-electron chi connectivity index (χ1n) is 9.51. The van der Waals surface area contributed by atoms with Crippen LogP contribution < -0.4 is 9.47 Å². The van der Waals surface area contributed by atoms with Crippen LogP contribution in [0.25, 0.3) is 15.9 Å². The molecule has 1 aliphatic carbocycles. The van der Waals surface area contributed by atoms with Gasteiger partial charge in [-0.3, -0.25) is 0 Å². The third-order valence-electron chi connectivity index (χ3n) is 5.49. The Morgan fingerprint density at radius 3 is 2.89 bits per heavy atom. The normalized spacial score (nSPS) is 16.5. The number of methoxy groups -OCH3 is 2. The summed E-state index contributed by atoms with van der Waals surface area (Å²) in [5.74, 6) is 2.97. The van der Waals surface area contributed by atoms with E-state index in [1.165, 1.54) is 22.2 Å². The van der Waals surface area contributed by atoms with Gasteiger partial charge in [-0.25, -0.2) is 14.5 Å². The van der Waals surface area contributed by atoms with Crippen molar-refractivity contribution in [1.29, 1.82) is 0 Å². The smallest absolute Gasteiger partial charge is 0.167 e. The van der Waals surface area contributed by atoms with Crippen molar-refractivity contribution in [3.05, 3.63) is 46.4 Å². The Morgan fingerprint density at radius 2 is 2.07 bits per heavy atom. The zero-order valence-electron chi connectivity index (χ0n) is 16.2. The molecule has 0 fully saturated rings. The fourth-order valence-corrected chi connectivity index (χ4v) is 5.38. The Labute approximate surface area is 167 Å². The highest BCUT2D eigenvalue weighted by Crippen LogP contribution is 2.38. The molecule has 0 N–H and O–H groups in total. The standard InChI is InChI=1S/C21H22N4O2S/c1-12-4-6-14-17(8-12)28-21-19(14)20-23-18(24-25(20)11-22-21)10-13-5-7-15(26-2)16(9-13)27-3/h5,7,9,11-12H,4,6,8,10H2,1-3H3. The van der Waals surface area contributed by atoms with Crippen molar-refractivity contribution in [3.63, 3.8) is 0 Å². The van der Waals surface area contributed by atoms with E-state index in [0.29, 0.717) is 12.2 Å². The van der Waals surface area contributed by atoms with Gasteiger partial charge in [-0.05, 0) is 48.4 Å². The number of aromatic nitrogens is 4. The molecule has 1 atom stereocenters. The first-order valence-corrected chi connectivity index (χ1v) is 10.3. The molecule has 0 aliphatic heterocycles. The minimum absolute atomic E-state index is 0.632. The second-order valence-corrected chi connectivity index (χ2v) is 8.52. The van der Waals surface area contributed by atoms with Crippen LogP contribution in [0.3, 0.4) is 0 Å². The van der Waals surface area contributed by atoms with Crippen LogP contribution in [0.1, 0.15) is 35.2 Å². The molecule has 6 nitrogen and oxygen atoms in total. The number of aryl methyl sites for hydroxylation is 1. The molecule has 144 valence electrons. The van der Waals surface area contributed by atoms with Gasteiger partial charge in [-0.2, -0.15) is 0 Å². The van der Waals surface area contributed by atoms with Crippen LogP contribution in [0.2, 0.25) is 0 Å². The number of fused-ring (bicyclic) bond motifs is 5. The quantitative estimate of drug-likeness (QED) is 0.522. The molecule has 0 saturated carbocycles. The van der Waals surface area contributed by atoms with Gasteiger partial charge < -0.3 is 9.47 Å². The van der Waals surface area contributed by atoms with E-state index in [0.717, 1.165) is 46.4 Å². The molecule has 0 amide bonds. The minimum atomic E-state index is 0.632. The summed E-state index contributed by atoms with van der Waals surface area (Å²) in [5, 5.41) is 5.87. The lowest BCUT2D eigenvalue weighted by atomic mass is 9.89. The lowest BCUT2D eigenvalue weighted by molar-refractivity contribution is 0.354. The van der Waals surface area contributed by atoms with Gasteiger partial charge in [-0.1, -0.05) is 13.0 Å². The van der Waals surface area contributed by atoms with Gasteiger partial charge in [0, 0.05) is 11.3 Å². The largest absolute Gasteiger partial charge is 0.493 e. The minimum Gasteiger partial charge on any atom is -0.493 e. The van der Waals surface area contributed by atoms with Crippen LogP contribution in [-0.2, 0) is 19.3 Å². The third kappa shape index (κ3) is 2.81. The van der Waals surface area contributed by atoms with Crippen molar-refractivity contribution in [2.75, 3.05) is 14.2 Å². The molecule has 3 aromatic heterocycles. The van der Waals surface area contributed by atoms with Crippen molar-refractivity contribution in [3.8, 4) is 11.5 Å². The Hall–Kier alpha value is -2.67. The van der Waals surface area contributed by atoms with Crippen molar-refractivity contribution < 1.29 is 9.47 Å². The van der Waals surface area contributed by atoms with Gasteiger partial charge in [-0.15, -0.1) is 16.4 Å². The Balaban J connectivity index is 1.56. The van der Waals surface area contributed by atoms with Gasteiger partial charge >= 0.3 is 0 Å². The van der Waals surface area contributed by atoms with Crippen LogP contribution in [0, 0.1) is 5.92 Å². The number of benzene rings is 1. The molecular weight excluding hydrogens is 372 g/mol. The van der Waals surface area contributed by atoms with Gasteiger partial charge in [0.25, 0.3) is 0 Å². The van der Waals surface area contributed by atoms with Gasteiger partial charge in [0.05, 0.1) is 19.6 Å². The van der Waals surface area contributed by atoms with Crippen LogP contribution in [-0.4, -0.2) is 33.8 Å². The number of hydrogen-bond donors (Lipinski definition) is 0. The van der Waals surface area contributed by atoms with E-state index >= 15 is 0 Å². The highest BCUT2D eigenvalue weighted by atomic mass is 32.1. The van der Waals surface area contributed by atoms with Crippen LogP contribution in [0.15, 0.2) is 24.5 Å². The summed E-state index contributed by atoms with van der Waals surface area (Å²) in [5.41, 5.74) is 3.44. The molecule has 0 spiro atoms. The topological polar surface area (TPSA) is 61.5 Å². The highest BCUT2D eigenvalue weighted by Gasteiger charge is 2.23. The van der Waals surface area contributed by atoms with E-state index in [4.69, 9.17) is 14.5 Å². The summed E-state index contributed by atoms with van der Waals surface area (Å²) < 4.78 is 12.6. The van der Waals surface area contributed by atoms with Crippen molar-refractivity contribution in [1.82, 2.24) is 19.6 Å². The van der Waals surface area contributed by atoms with E-state index in [-0.39, 0.29) is 0 Å². The van der Waals surface area contributed by atoms with E-state index in [9.17, 15) is 0 Å². The molecule has 5 rings (SSSR count). The maximum Gasteiger partial charge on any atom is 0.167 e. The molecule has 3 heterocycles.